The molecule has 3 aromatic rings. The van der Waals surface area contributed by atoms with Crippen LogP contribution in [-0.2, 0) is 6.54 Å². The van der Waals surface area contributed by atoms with E-state index in [9.17, 15) is 14.7 Å². The number of aromatic nitrogens is 2. The van der Waals surface area contributed by atoms with E-state index in [-0.39, 0.29) is 17.3 Å². The molecule has 0 radical (unpaired) electrons. The largest absolute Gasteiger partial charge is 0.505 e. The van der Waals surface area contributed by atoms with E-state index >= 15 is 0 Å². The molecule has 2 heterocycles. The van der Waals surface area contributed by atoms with Gasteiger partial charge in [0.1, 0.15) is 11.5 Å². The molecule has 2 aromatic heterocycles. The van der Waals surface area contributed by atoms with Crippen LogP contribution in [0.15, 0.2) is 41.5 Å². The topological polar surface area (TPSA) is 111 Å². The zero-order chi connectivity index (χ0) is 18.8. The number of carbonyl (C=O) groups is 1. The number of benzene rings is 1. The molecule has 8 nitrogen and oxygen atoms in total. The number of fused-ring (bicyclic) bond motifs is 1. The van der Waals surface area contributed by atoms with Crippen LogP contribution in [0.1, 0.15) is 16.1 Å². The maximum Gasteiger partial charge on any atom is 0.358 e. The summed E-state index contributed by atoms with van der Waals surface area (Å²) in [5.41, 5.74) is -0.138. The lowest BCUT2D eigenvalue weighted by atomic mass is 10.1. The molecule has 0 spiro atoms. The summed E-state index contributed by atoms with van der Waals surface area (Å²) in [5, 5.41) is 19.3. The smallest absolute Gasteiger partial charge is 0.358 e. The zero-order valence-electron chi connectivity index (χ0n) is 14.1. The van der Waals surface area contributed by atoms with Crippen LogP contribution < -0.4 is 15.0 Å². The minimum absolute atomic E-state index is 0.127. The van der Waals surface area contributed by atoms with Gasteiger partial charge in [-0.25, -0.2) is 9.78 Å². The molecule has 0 saturated heterocycles. The van der Waals surface area contributed by atoms with Gasteiger partial charge in [-0.1, -0.05) is 0 Å². The first-order valence-corrected chi connectivity index (χ1v) is 7.61. The van der Waals surface area contributed by atoms with E-state index in [1.54, 1.807) is 25.3 Å². The molecule has 0 aliphatic heterocycles. The van der Waals surface area contributed by atoms with E-state index in [1.807, 2.05) is 0 Å². The van der Waals surface area contributed by atoms with E-state index < -0.39 is 23.0 Å². The maximum atomic E-state index is 12.7. The summed E-state index contributed by atoms with van der Waals surface area (Å²) in [7, 11) is 3.07. The number of hydrogen-bond acceptors (Lipinski definition) is 6. The molecule has 8 heteroatoms. The number of rotatable bonds is 5. The zero-order valence-corrected chi connectivity index (χ0v) is 14.1. The van der Waals surface area contributed by atoms with Gasteiger partial charge in [-0.15, -0.1) is 0 Å². The Hall–Kier alpha value is -3.55. The van der Waals surface area contributed by atoms with Gasteiger partial charge in [0.15, 0.2) is 11.4 Å². The van der Waals surface area contributed by atoms with E-state index in [0.717, 1.165) is 11.8 Å². The average Bonchev–Trinajstić information content (AvgIpc) is 2.64. The van der Waals surface area contributed by atoms with E-state index in [1.165, 1.54) is 23.9 Å². The lowest BCUT2D eigenvalue weighted by molar-refractivity contribution is 0.0687. The van der Waals surface area contributed by atoms with Crippen LogP contribution in [0, 0.1) is 0 Å². The molecule has 0 saturated carbocycles. The Balaban J connectivity index is 2.08. The number of pyridine rings is 2. The summed E-state index contributed by atoms with van der Waals surface area (Å²) < 4.78 is 11.9. The molecule has 26 heavy (non-hydrogen) atoms. The second-order valence-corrected chi connectivity index (χ2v) is 5.51. The number of aromatic carboxylic acids is 1. The van der Waals surface area contributed by atoms with Gasteiger partial charge in [-0.2, -0.15) is 0 Å². The fourth-order valence-corrected chi connectivity index (χ4v) is 2.69. The molecule has 0 fully saturated rings. The monoisotopic (exact) mass is 356 g/mol. The van der Waals surface area contributed by atoms with Crippen molar-refractivity contribution in [3.8, 4) is 17.2 Å². The normalized spacial score (nSPS) is 10.7. The second-order valence-electron chi connectivity index (χ2n) is 5.51. The van der Waals surface area contributed by atoms with Crippen LogP contribution in [0.4, 0.5) is 0 Å². The Bertz CT molecular complexity index is 1060. The Morgan fingerprint density at radius 1 is 1.19 bits per heavy atom. The summed E-state index contributed by atoms with van der Waals surface area (Å²) in [5.74, 6) is -0.692. The summed E-state index contributed by atoms with van der Waals surface area (Å²) in [6, 6.07) is 6.75. The first-order valence-electron chi connectivity index (χ1n) is 7.61. The van der Waals surface area contributed by atoms with Crippen molar-refractivity contribution in [2.45, 2.75) is 6.54 Å². The fraction of sp³-hybridized carbons (Fsp3) is 0.167. The Morgan fingerprint density at radius 2 is 1.96 bits per heavy atom. The van der Waals surface area contributed by atoms with Gasteiger partial charge >= 0.3 is 5.97 Å². The van der Waals surface area contributed by atoms with E-state index in [0.29, 0.717) is 11.5 Å². The molecule has 0 bridgehead atoms. The van der Waals surface area contributed by atoms with Crippen LogP contribution in [0.5, 0.6) is 17.2 Å². The van der Waals surface area contributed by atoms with Gasteiger partial charge in [0.05, 0.1) is 26.2 Å². The number of nitrogens with zero attached hydrogens (tertiary/aromatic N) is 2. The lowest BCUT2D eigenvalue weighted by Crippen LogP contribution is -2.21. The van der Waals surface area contributed by atoms with E-state index in [2.05, 4.69) is 4.98 Å². The molecule has 3 rings (SSSR count). The molecular weight excluding hydrogens is 340 g/mol. The van der Waals surface area contributed by atoms with Gasteiger partial charge in [-0.05, 0) is 18.2 Å². The van der Waals surface area contributed by atoms with Crippen molar-refractivity contribution in [1.82, 2.24) is 9.55 Å². The number of ether oxygens (including phenoxy) is 2. The summed E-state index contributed by atoms with van der Waals surface area (Å²) in [6.45, 7) is 0.226. The third-order valence-corrected chi connectivity index (χ3v) is 4.04. The summed E-state index contributed by atoms with van der Waals surface area (Å²) in [6.07, 6.45) is 2.64. The molecular formula is C18H16N2O6. The van der Waals surface area contributed by atoms with Crippen molar-refractivity contribution >= 4 is 16.7 Å². The number of carboxylic acid groups (broad SMARTS) is 1. The maximum absolute atomic E-state index is 12.7. The van der Waals surface area contributed by atoms with Crippen molar-refractivity contribution in [1.29, 1.82) is 0 Å². The van der Waals surface area contributed by atoms with Crippen LogP contribution in [0.3, 0.4) is 0 Å². The number of carboxylic acids is 1. The van der Waals surface area contributed by atoms with Crippen molar-refractivity contribution in [3.05, 3.63) is 58.3 Å². The minimum Gasteiger partial charge on any atom is -0.505 e. The first-order chi connectivity index (χ1) is 12.5. The van der Waals surface area contributed by atoms with Crippen molar-refractivity contribution < 1.29 is 24.5 Å². The number of hydrogen-bond donors (Lipinski definition) is 2. The Morgan fingerprint density at radius 3 is 2.62 bits per heavy atom. The van der Waals surface area contributed by atoms with Gasteiger partial charge in [0.25, 0.3) is 5.56 Å². The lowest BCUT2D eigenvalue weighted by Gasteiger charge is -2.13. The van der Waals surface area contributed by atoms with Gasteiger partial charge < -0.3 is 24.3 Å². The van der Waals surface area contributed by atoms with E-state index in [4.69, 9.17) is 14.6 Å². The standard InChI is InChI=1S/C18H16N2O6/c1-25-11-4-3-10(14(7-11)26-2)9-20-6-5-12-13(17(20)22)8-19-15(16(12)21)18(23)24/h3-8,21H,9H2,1-2H3,(H,23,24). The molecule has 134 valence electrons. The number of aromatic hydroxyl groups is 1. The summed E-state index contributed by atoms with van der Waals surface area (Å²) in [4.78, 5) is 27.4. The van der Waals surface area contributed by atoms with Crippen molar-refractivity contribution in [2.75, 3.05) is 14.2 Å². The van der Waals surface area contributed by atoms with Crippen LogP contribution in [0.2, 0.25) is 0 Å². The predicted molar refractivity (Wildman–Crippen MR) is 93.3 cm³/mol. The Kier molecular flexibility index (Phi) is 4.49. The molecule has 0 atom stereocenters. The molecule has 0 aliphatic carbocycles. The first kappa shape index (κ1) is 17.3. The quantitative estimate of drug-likeness (QED) is 0.718. The molecule has 0 aliphatic rings. The highest BCUT2D eigenvalue weighted by Crippen LogP contribution is 2.27. The molecule has 0 unspecified atom stereocenters. The number of methoxy groups -OCH3 is 2. The van der Waals surface area contributed by atoms with Gasteiger partial charge in [-0.3, -0.25) is 4.79 Å². The highest BCUT2D eigenvalue weighted by molar-refractivity contribution is 5.97. The Labute approximate surface area is 147 Å². The SMILES string of the molecule is COc1ccc(Cn2ccc3c(O)c(C(=O)O)ncc3c2=O)c(OC)c1. The van der Waals surface area contributed by atoms with Gasteiger partial charge in [0.2, 0.25) is 0 Å². The van der Waals surface area contributed by atoms with Crippen molar-refractivity contribution in [2.24, 2.45) is 0 Å². The molecule has 1 aromatic carbocycles. The third kappa shape index (κ3) is 2.92. The minimum atomic E-state index is -1.36. The molecule has 2 N–H and O–H groups in total. The third-order valence-electron chi connectivity index (χ3n) is 4.04. The average molecular weight is 356 g/mol. The van der Waals surface area contributed by atoms with Crippen molar-refractivity contribution in [3.63, 3.8) is 0 Å². The fourth-order valence-electron chi connectivity index (χ4n) is 2.69. The molecule has 0 amide bonds. The van der Waals surface area contributed by atoms with Crippen LogP contribution in [0.25, 0.3) is 10.8 Å². The van der Waals surface area contributed by atoms with Crippen LogP contribution >= 0.6 is 0 Å². The van der Waals surface area contributed by atoms with Crippen LogP contribution in [-0.4, -0.2) is 40.0 Å². The summed E-state index contributed by atoms with van der Waals surface area (Å²) >= 11 is 0. The predicted octanol–water partition coefficient (Wildman–Crippen LogP) is 1.87. The highest BCUT2D eigenvalue weighted by atomic mass is 16.5. The van der Waals surface area contributed by atoms with Gasteiger partial charge in [0, 0.05) is 29.4 Å². The highest BCUT2D eigenvalue weighted by Gasteiger charge is 2.17. The second kappa shape index (κ2) is 6.75.